The molecule has 0 saturated heterocycles. The van der Waals surface area contributed by atoms with Crippen LogP contribution in [0.5, 0.6) is 5.75 Å². The molecule has 2 amide bonds. The highest BCUT2D eigenvalue weighted by molar-refractivity contribution is 6.00. The van der Waals surface area contributed by atoms with Crippen molar-refractivity contribution >= 4 is 23.2 Å². The topological polar surface area (TPSA) is 58.6 Å². The van der Waals surface area contributed by atoms with Gasteiger partial charge >= 0.3 is 0 Å². The number of hydrogen-bond donors (Lipinski definition) is 1. The van der Waals surface area contributed by atoms with Gasteiger partial charge in [0.1, 0.15) is 5.75 Å². The maximum atomic E-state index is 12.0. The quantitative estimate of drug-likeness (QED) is 0.919. The molecule has 1 N–H and O–H groups in total. The van der Waals surface area contributed by atoms with E-state index in [4.69, 9.17) is 4.74 Å². The predicted octanol–water partition coefficient (Wildman–Crippen LogP) is 2.17. The molecule has 1 fully saturated rings. The van der Waals surface area contributed by atoms with Gasteiger partial charge in [0.15, 0.2) is 6.61 Å². The number of hydrogen-bond acceptors (Lipinski definition) is 3. The Morgan fingerprint density at radius 3 is 2.80 bits per heavy atom. The predicted molar refractivity (Wildman–Crippen MR) is 75.9 cm³/mol. The number of benzene rings is 1. The van der Waals surface area contributed by atoms with Gasteiger partial charge in [0.2, 0.25) is 5.91 Å². The van der Waals surface area contributed by atoms with Crippen molar-refractivity contribution in [3.8, 4) is 5.75 Å². The molecular formula is C15H18N2O3. The van der Waals surface area contributed by atoms with Crippen LogP contribution in [0.1, 0.15) is 26.7 Å². The van der Waals surface area contributed by atoms with Crippen molar-refractivity contribution in [3.05, 3.63) is 18.2 Å². The zero-order valence-electron chi connectivity index (χ0n) is 11.7. The van der Waals surface area contributed by atoms with E-state index in [1.165, 1.54) is 0 Å². The third-order valence-corrected chi connectivity index (χ3v) is 3.57. The summed E-state index contributed by atoms with van der Waals surface area (Å²) in [5, 5.41) is 2.90. The van der Waals surface area contributed by atoms with Crippen LogP contribution >= 0.6 is 0 Å². The van der Waals surface area contributed by atoms with E-state index in [0.29, 0.717) is 11.4 Å². The fourth-order valence-corrected chi connectivity index (χ4v) is 2.40. The van der Waals surface area contributed by atoms with Gasteiger partial charge in [-0.2, -0.15) is 0 Å². The first-order valence-corrected chi connectivity index (χ1v) is 6.96. The molecule has 2 aliphatic rings. The average Bonchev–Trinajstić information content (AvgIpc) is 3.22. The van der Waals surface area contributed by atoms with E-state index in [-0.39, 0.29) is 30.4 Å². The van der Waals surface area contributed by atoms with Crippen molar-refractivity contribution < 1.29 is 14.3 Å². The largest absolute Gasteiger partial charge is 0.482 e. The number of nitrogens with zero attached hydrogens (tertiary/aromatic N) is 1. The van der Waals surface area contributed by atoms with Crippen LogP contribution in [0.25, 0.3) is 0 Å². The third kappa shape index (κ3) is 2.35. The molecule has 1 heterocycles. The monoisotopic (exact) mass is 274 g/mol. The summed E-state index contributed by atoms with van der Waals surface area (Å²) in [5.41, 5.74) is 1.44. The minimum absolute atomic E-state index is 0.0551. The van der Waals surface area contributed by atoms with E-state index >= 15 is 0 Å². The molecule has 0 bridgehead atoms. The number of carbonyl (C=O) groups is 2. The molecule has 1 aliphatic carbocycles. The molecule has 1 aliphatic heterocycles. The SMILES string of the molecule is CC(C)N1C(=O)COc2ccc(NC(=O)C3CC3)cc21. The second kappa shape index (κ2) is 4.81. The maximum absolute atomic E-state index is 12.0. The standard InChI is InChI=1S/C15H18N2O3/c1-9(2)17-12-7-11(16-15(19)10-3-4-10)5-6-13(12)20-8-14(17)18/h5-7,9-10H,3-4,8H2,1-2H3,(H,16,19). The first-order valence-electron chi connectivity index (χ1n) is 6.96. The highest BCUT2D eigenvalue weighted by Crippen LogP contribution is 2.36. The van der Waals surface area contributed by atoms with Gasteiger partial charge in [0.25, 0.3) is 5.91 Å². The zero-order valence-corrected chi connectivity index (χ0v) is 11.7. The van der Waals surface area contributed by atoms with E-state index in [9.17, 15) is 9.59 Å². The van der Waals surface area contributed by atoms with E-state index in [0.717, 1.165) is 18.5 Å². The molecule has 1 aromatic rings. The molecule has 5 heteroatoms. The van der Waals surface area contributed by atoms with Gasteiger partial charge in [-0.25, -0.2) is 0 Å². The van der Waals surface area contributed by atoms with Crippen molar-refractivity contribution in [2.75, 3.05) is 16.8 Å². The fraction of sp³-hybridized carbons (Fsp3) is 0.467. The van der Waals surface area contributed by atoms with Crippen LogP contribution in [0.4, 0.5) is 11.4 Å². The van der Waals surface area contributed by atoms with Crippen LogP contribution in [0.3, 0.4) is 0 Å². The Labute approximate surface area is 117 Å². The van der Waals surface area contributed by atoms with Crippen LogP contribution in [0, 0.1) is 5.92 Å². The summed E-state index contributed by atoms with van der Waals surface area (Å²) in [5.74, 6) is 0.843. The van der Waals surface area contributed by atoms with Crippen molar-refractivity contribution in [3.63, 3.8) is 0 Å². The molecule has 0 aromatic heterocycles. The van der Waals surface area contributed by atoms with Gasteiger partial charge in [-0.3, -0.25) is 9.59 Å². The lowest BCUT2D eigenvalue weighted by atomic mass is 10.1. The Bertz CT molecular complexity index is 564. The van der Waals surface area contributed by atoms with E-state index in [1.54, 1.807) is 11.0 Å². The Morgan fingerprint density at radius 2 is 2.15 bits per heavy atom. The van der Waals surface area contributed by atoms with E-state index in [2.05, 4.69) is 5.32 Å². The molecule has 0 atom stereocenters. The second-order valence-electron chi connectivity index (χ2n) is 5.59. The Kier molecular flexibility index (Phi) is 3.12. The van der Waals surface area contributed by atoms with Gasteiger partial charge in [0, 0.05) is 17.6 Å². The van der Waals surface area contributed by atoms with Gasteiger partial charge in [-0.15, -0.1) is 0 Å². The van der Waals surface area contributed by atoms with Gasteiger partial charge in [-0.05, 0) is 44.9 Å². The lowest BCUT2D eigenvalue weighted by Crippen LogP contribution is -2.43. The second-order valence-corrected chi connectivity index (χ2v) is 5.59. The lowest BCUT2D eigenvalue weighted by molar-refractivity contribution is -0.121. The summed E-state index contributed by atoms with van der Waals surface area (Å²) >= 11 is 0. The Hall–Kier alpha value is -2.04. The zero-order chi connectivity index (χ0) is 14.3. The molecule has 1 aromatic carbocycles. The molecule has 0 unspecified atom stereocenters. The van der Waals surface area contributed by atoms with Crippen molar-refractivity contribution in [2.45, 2.75) is 32.7 Å². The minimum atomic E-state index is -0.0573. The van der Waals surface area contributed by atoms with Crippen LogP contribution < -0.4 is 15.0 Å². The fourth-order valence-electron chi connectivity index (χ4n) is 2.40. The normalized spacial score (nSPS) is 17.8. The smallest absolute Gasteiger partial charge is 0.265 e. The molecule has 3 rings (SSSR count). The summed E-state index contributed by atoms with van der Waals surface area (Å²) in [4.78, 5) is 25.5. The van der Waals surface area contributed by atoms with Crippen molar-refractivity contribution in [1.82, 2.24) is 0 Å². The number of anilines is 2. The average molecular weight is 274 g/mol. The lowest BCUT2D eigenvalue weighted by Gasteiger charge is -2.32. The molecular weight excluding hydrogens is 256 g/mol. The molecule has 106 valence electrons. The molecule has 0 radical (unpaired) electrons. The summed E-state index contributed by atoms with van der Waals surface area (Å²) < 4.78 is 5.43. The number of fused-ring (bicyclic) bond motifs is 1. The maximum Gasteiger partial charge on any atom is 0.265 e. The summed E-state index contributed by atoms with van der Waals surface area (Å²) in [7, 11) is 0. The van der Waals surface area contributed by atoms with E-state index < -0.39 is 0 Å². The van der Waals surface area contributed by atoms with Crippen molar-refractivity contribution in [2.24, 2.45) is 5.92 Å². The van der Waals surface area contributed by atoms with Crippen LogP contribution in [0.2, 0.25) is 0 Å². The Balaban J connectivity index is 1.89. The van der Waals surface area contributed by atoms with Gasteiger partial charge < -0.3 is 15.0 Å². The minimum Gasteiger partial charge on any atom is -0.482 e. The van der Waals surface area contributed by atoms with Gasteiger partial charge in [-0.1, -0.05) is 0 Å². The summed E-state index contributed by atoms with van der Waals surface area (Å²) in [6, 6.07) is 5.49. The van der Waals surface area contributed by atoms with Crippen LogP contribution in [-0.4, -0.2) is 24.5 Å². The van der Waals surface area contributed by atoms with Crippen molar-refractivity contribution in [1.29, 1.82) is 0 Å². The molecule has 1 saturated carbocycles. The number of ether oxygens (including phenoxy) is 1. The highest BCUT2D eigenvalue weighted by Gasteiger charge is 2.31. The molecule has 5 nitrogen and oxygen atoms in total. The first-order chi connectivity index (χ1) is 9.56. The van der Waals surface area contributed by atoms with Crippen LogP contribution in [-0.2, 0) is 9.59 Å². The first kappa shape index (κ1) is 13.0. The Morgan fingerprint density at radius 1 is 1.40 bits per heavy atom. The van der Waals surface area contributed by atoms with E-state index in [1.807, 2.05) is 26.0 Å². The van der Waals surface area contributed by atoms with Gasteiger partial charge in [0.05, 0.1) is 5.69 Å². The van der Waals surface area contributed by atoms with Crippen LogP contribution in [0.15, 0.2) is 18.2 Å². The number of carbonyl (C=O) groups excluding carboxylic acids is 2. The number of nitrogens with one attached hydrogen (secondary N) is 1. The molecule has 0 spiro atoms. The summed E-state index contributed by atoms with van der Waals surface area (Å²) in [6.07, 6.45) is 1.94. The summed E-state index contributed by atoms with van der Waals surface area (Å²) in [6.45, 7) is 3.99. The third-order valence-electron chi connectivity index (χ3n) is 3.57. The molecule has 20 heavy (non-hydrogen) atoms. The number of rotatable bonds is 3. The highest BCUT2D eigenvalue weighted by atomic mass is 16.5. The number of amides is 2.